The topological polar surface area (TPSA) is 61.5 Å². The number of nitrogen functional groups attached to an aromatic ring is 1. The minimum absolute atomic E-state index is 0.0286. The number of nitrogens with two attached hydrogens (primary N) is 1. The van der Waals surface area contributed by atoms with Crippen LogP contribution in [0, 0.1) is 0 Å². The average Bonchev–Trinajstić information content (AvgIpc) is 2.78. The first-order chi connectivity index (χ1) is 8.97. The van der Waals surface area contributed by atoms with E-state index in [0.717, 1.165) is 12.8 Å². The molecule has 0 spiro atoms. The van der Waals surface area contributed by atoms with Crippen molar-refractivity contribution in [1.82, 2.24) is 0 Å². The first-order valence-corrected chi connectivity index (χ1v) is 6.80. The van der Waals surface area contributed by atoms with Crippen LogP contribution >= 0.6 is 23.2 Å². The van der Waals surface area contributed by atoms with Gasteiger partial charge in [-0.25, -0.2) is 4.79 Å². The number of esters is 1. The van der Waals surface area contributed by atoms with Gasteiger partial charge in [0.15, 0.2) is 0 Å². The normalized spacial score (nSPS) is 22.5. The van der Waals surface area contributed by atoms with E-state index in [4.69, 9.17) is 38.4 Å². The Hall–Kier alpha value is -0.970. The first kappa shape index (κ1) is 14.4. The molecule has 6 heteroatoms. The summed E-state index contributed by atoms with van der Waals surface area (Å²) in [6, 6.07) is 2.90. The van der Waals surface area contributed by atoms with Crippen molar-refractivity contribution in [3.63, 3.8) is 0 Å². The molecule has 2 atom stereocenters. The quantitative estimate of drug-likeness (QED) is 0.687. The monoisotopic (exact) mass is 303 g/mol. The van der Waals surface area contributed by atoms with Gasteiger partial charge in [-0.15, -0.1) is 0 Å². The minimum Gasteiger partial charge on any atom is -0.459 e. The van der Waals surface area contributed by atoms with Crippen LogP contribution in [0.15, 0.2) is 12.1 Å². The maximum Gasteiger partial charge on any atom is 0.338 e. The Morgan fingerprint density at radius 2 is 2.21 bits per heavy atom. The fourth-order valence-corrected chi connectivity index (χ4v) is 2.32. The third kappa shape index (κ3) is 3.53. The number of ether oxygens (including phenoxy) is 2. The highest BCUT2D eigenvalue weighted by molar-refractivity contribution is 6.43. The zero-order valence-electron chi connectivity index (χ0n) is 10.5. The fraction of sp³-hybridized carbons (Fsp3) is 0.462. The summed E-state index contributed by atoms with van der Waals surface area (Å²) in [4.78, 5) is 11.9. The molecule has 0 aliphatic carbocycles. The molecule has 4 nitrogen and oxygen atoms in total. The smallest absolute Gasteiger partial charge is 0.338 e. The number of hydrogen-bond acceptors (Lipinski definition) is 4. The van der Waals surface area contributed by atoms with E-state index in [2.05, 4.69) is 0 Å². The summed E-state index contributed by atoms with van der Waals surface area (Å²) < 4.78 is 10.8. The summed E-state index contributed by atoms with van der Waals surface area (Å²) in [6.07, 6.45) is 2.09. The van der Waals surface area contributed by atoms with E-state index >= 15 is 0 Å². The van der Waals surface area contributed by atoms with Crippen molar-refractivity contribution >= 4 is 34.9 Å². The van der Waals surface area contributed by atoms with Gasteiger partial charge in [-0.1, -0.05) is 23.2 Å². The highest BCUT2D eigenvalue weighted by atomic mass is 35.5. The fourth-order valence-electron chi connectivity index (χ4n) is 1.99. The molecule has 2 rings (SSSR count). The van der Waals surface area contributed by atoms with Gasteiger partial charge in [-0.3, -0.25) is 0 Å². The predicted molar refractivity (Wildman–Crippen MR) is 74.7 cm³/mol. The molecule has 1 aromatic carbocycles. The number of benzene rings is 1. The molecule has 1 aliphatic rings. The lowest BCUT2D eigenvalue weighted by Gasteiger charge is -2.12. The first-order valence-electron chi connectivity index (χ1n) is 6.04. The number of rotatable bonds is 3. The average molecular weight is 304 g/mol. The Morgan fingerprint density at radius 3 is 2.79 bits per heavy atom. The second kappa shape index (κ2) is 5.99. The molecule has 0 amide bonds. The third-order valence-electron chi connectivity index (χ3n) is 3.01. The van der Waals surface area contributed by atoms with Crippen LogP contribution in [-0.4, -0.2) is 24.8 Å². The van der Waals surface area contributed by atoms with Crippen molar-refractivity contribution in [1.29, 1.82) is 0 Å². The zero-order chi connectivity index (χ0) is 14.0. The van der Waals surface area contributed by atoms with E-state index < -0.39 is 5.97 Å². The van der Waals surface area contributed by atoms with Gasteiger partial charge in [0.2, 0.25) is 0 Å². The summed E-state index contributed by atoms with van der Waals surface area (Å²) in [5, 5.41) is 0.477. The van der Waals surface area contributed by atoms with Crippen molar-refractivity contribution in [2.75, 3.05) is 12.3 Å². The molecule has 19 heavy (non-hydrogen) atoms. The molecule has 1 aromatic rings. The van der Waals surface area contributed by atoms with E-state index in [0.29, 0.717) is 0 Å². The van der Waals surface area contributed by atoms with Crippen LogP contribution in [0.4, 0.5) is 5.69 Å². The summed E-state index contributed by atoms with van der Waals surface area (Å²) in [7, 11) is 0. The summed E-state index contributed by atoms with van der Waals surface area (Å²) in [5.74, 6) is -0.478. The van der Waals surface area contributed by atoms with Gasteiger partial charge in [0, 0.05) is 0 Å². The van der Waals surface area contributed by atoms with Gasteiger partial charge < -0.3 is 15.2 Å². The van der Waals surface area contributed by atoms with Gasteiger partial charge in [0.05, 0.1) is 33.5 Å². The molecule has 104 valence electrons. The molecule has 1 fully saturated rings. The van der Waals surface area contributed by atoms with Crippen LogP contribution in [0.2, 0.25) is 10.0 Å². The second-order valence-electron chi connectivity index (χ2n) is 4.61. The Bertz CT molecular complexity index is 470. The Morgan fingerprint density at radius 1 is 1.47 bits per heavy atom. The highest BCUT2D eigenvalue weighted by Crippen LogP contribution is 2.29. The molecule has 0 radical (unpaired) electrons. The molecule has 2 unspecified atom stereocenters. The highest BCUT2D eigenvalue weighted by Gasteiger charge is 2.23. The van der Waals surface area contributed by atoms with Crippen LogP contribution in [0.1, 0.15) is 30.1 Å². The van der Waals surface area contributed by atoms with E-state index in [1.807, 2.05) is 6.92 Å². The molecule has 2 N–H and O–H groups in total. The Kier molecular flexibility index (Phi) is 4.55. The number of carbonyl (C=O) groups is 1. The van der Waals surface area contributed by atoms with Crippen LogP contribution < -0.4 is 5.73 Å². The van der Waals surface area contributed by atoms with Gasteiger partial charge in [-0.05, 0) is 31.9 Å². The maximum absolute atomic E-state index is 11.9. The summed E-state index contributed by atoms with van der Waals surface area (Å²) in [5.41, 5.74) is 6.19. The molecular weight excluding hydrogens is 289 g/mol. The number of anilines is 1. The standard InChI is InChI=1S/C13H15Cl2NO3/c1-7-2-3-9(19-7)6-18-13(17)8-4-10(14)12(15)11(16)5-8/h4-5,7,9H,2-3,6,16H2,1H3. The van der Waals surface area contributed by atoms with Crippen LogP contribution in [0.25, 0.3) is 0 Å². The van der Waals surface area contributed by atoms with Gasteiger partial charge >= 0.3 is 5.97 Å². The third-order valence-corrected chi connectivity index (χ3v) is 3.83. The largest absolute Gasteiger partial charge is 0.459 e. The maximum atomic E-state index is 11.9. The molecular formula is C13H15Cl2NO3. The lowest BCUT2D eigenvalue weighted by atomic mass is 10.2. The zero-order valence-corrected chi connectivity index (χ0v) is 12.0. The molecule has 0 saturated carbocycles. The molecule has 1 heterocycles. The molecule has 1 aliphatic heterocycles. The number of carbonyl (C=O) groups excluding carboxylic acids is 1. The van der Waals surface area contributed by atoms with Gasteiger partial charge in [-0.2, -0.15) is 0 Å². The number of halogens is 2. The van der Waals surface area contributed by atoms with Crippen LogP contribution in [0.3, 0.4) is 0 Å². The predicted octanol–water partition coefficient (Wildman–Crippen LogP) is 3.30. The van der Waals surface area contributed by atoms with Gasteiger partial charge in [0.1, 0.15) is 6.61 Å². The van der Waals surface area contributed by atoms with Crippen molar-refractivity contribution in [3.8, 4) is 0 Å². The van der Waals surface area contributed by atoms with Crippen LogP contribution in [-0.2, 0) is 9.47 Å². The lowest BCUT2D eigenvalue weighted by Crippen LogP contribution is -2.19. The number of hydrogen-bond donors (Lipinski definition) is 1. The SMILES string of the molecule is CC1CCC(COC(=O)c2cc(N)c(Cl)c(Cl)c2)O1. The van der Waals surface area contributed by atoms with E-state index in [1.54, 1.807) is 0 Å². The Balaban J connectivity index is 1.96. The molecule has 1 saturated heterocycles. The Labute approximate surface area is 121 Å². The summed E-state index contributed by atoms with van der Waals surface area (Å²) in [6.45, 7) is 2.24. The van der Waals surface area contributed by atoms with E-state index in [1.165, 1.54) is 12.1 Å². The van der Waals surface area contributed by atoms with E-state index in [-0.39, 0.29) is 40.1 Å². The van der Waals surface area contributed by atoms with E-state index in [9.17, 15) is 4.79 Å². The van der Waals surface area contributed by atoms with Crippen LogP contribution in [0.5, 0.6) is 0 Å². The van der Waals surface area contributed by atoms with Crippen molar-refractivity contribution in [3.05, 3.63) is 27.7 Å². The second-order valence-corrected chi connectivity index (χ2v) is 5.39. The minimum atomic E-state index is -0.478. The van der Waals surface area contributed by atoms with Crippen molar-refractivity contribution < 1.29 is 14.3 Å². The van der Waals surface area contributed by atoms with Crippen molar-refractivity contribution in [2.45, 2.75) is 32.0 Å². The lowest BCUT2D eigenvalue weighted by molar-refractivity contribution is -0.00265. The molecule has 0 bridgehead atoms. The summed E-state index contributed by atoms with van der Waals surface area (Å²) >= 11 is 11.7. The molecule has 0 aromatic heterocycles. The van der Waals surface area contributed by atoms with Crippen molar-refractivity contribution in [2.24, 2.45) is 0 Å². The van der Waals surface area contributed by atoms with Gasteiger partial charge in [0.25, 0.3) is 0 Å².